The van der Waals surface area contributed by atoms with E-state index < -0.39 is 0 Å². The van der Waals surface area contributed by atoms with E-state index in [0.717, 1.165) is 16.6 Å². The maximum atomic E-state index is 12.6. The highest BCUT2D eigenvalue weighted by Gasteiger charge is 2.16. The zero-order valence-electron chi connectivity index (χ0n) is 14.4. The van der Waals surface area contributed by atoms with Crippen molar-refractivity contribution >= 4 is 16.9 Å². The van der Waals surface area contributed by atoms with E-state index >= 15 is 0 Å². The molecule has 0 radical (unpaired) electrons. The first-order chi connectivity index (χ1) is 12.7. The molecule has 4 aromatic rings. The second kappa shape index (κ2) is 6.84. The number of benzene rings is 2. The molecule has 26 heavy (non-hydrogen) atoms. The van der Waals surface area contributed by atoms with E-state index in [0.29, 0.717) is 17.8 Å². The normalized spacial score (nSPS) is 11.0. The molecule has 130 valence electrons. The first kappa shape index (κ1) is 16.1. The number of hydrogen-bond donors (Lipinski definition) is 0. The van der Waals surface area contributed by atoms with Crippen molar-refractivity contribution < 1.29 is 9.32 Å². The van der Waals surface area contributed by atoms with Gasteiger partial charge in [0.15, 0.2) is 5.58 Å². The van der Waals surface area contributed by atoms with Crippen LogP contribution in [0, 0.1) is 0 Å². The predicted octanol–water partition coefficient (Wildman–Crippen LogP) is 3.21. The molecule has 1 amide bonds. The van der Waals surface area contributed by atoms with Crippen molar-refractivity contribution in [1.29, 1.82) is 0 Å². The molecule has 0 unspecified atom stereocenters. The highest BCUT2D eigenvalue weighted by molar-refractivity contribution is 5.86. The summed E-state index contributed by atoms with van der Waals surface area (Å²) < 4.78 is 7.07. The van der Waals surface area contributed by atoms with Gasteiger partial charge in [-0.1, -0.05) is 35.5 Å². The lowest BCUT2D eigenvalue weighted by Crippen LogP contribution is -2.27. The third kappa shape index (κ3) is 3.21. The van der Waals surface area contributed by atoms with Gasteiger partial charge in [0.1, 0.15) is 5.69 Å². The molecular formula is C20H18N4O2. The van der Waals surface area contributed by atoms with Gasteiger partial charge in [0.2, 0.25) is 5.91 Å². The monoisotopic (exact) mass is 346 g/mol. The lowest BCUT2D eigenvalue weighted by atomic mass is 10.1. The van der Waals surface area contributed by atoms with E-state index in [-0.39, 0.29) is 12.3 Å². The molecule has 0 aliphatic carbocycles. The SMILES string of the molecule is CN(Cc1cnn(-c2ccccc2)c1)C(=O)Cc1noc2ccccc12. The molecule has 0 fully saturated rings. The molecule has 0 saturated carbocycles. The Kier molecular flexibility index (Phi) is 4.23. The molecule has 0 N–H and O–H groups in total. The van der Waals surface area contributed by atoms with Crippen molar-refractivity contribution in [2.24, 2.45) is 0 Å². The van der Waals surface area contributed by atoms with E-state index in [2.05, 4.69) is 10.3 Å². The van der Waals surface area contributed by atoms with Gasteiger partial charge in [-0.3, -0.25) is 4.79 Å². The summed E-state index contributed by atoms with van der Waals surface area (Å²) in [4.78, 5) is 14.2. The molecule has 4 rings (SSSR count). The Balaban J connectivity index is 1.44. The number of amides is 1. The number of aromatic nitrogens is 3. The number of carbonyl (C=O) groups excluding carboxylic acids is 1. The predicted molar refractivity (Wildman–Crippen MR) is 97.8 cm³/mol. The van der Waals surface area contributed by atoms with Crippen LogP contribution in [-0.2, 0) is 17.8 Å². The number of para-hydroxylation sites is 2. The Morgan fingerprint density at radius 3 is 2.73 bits per heavy atom. The molecule has 6 nitrogen and oxygen atoms in total. The van der Waals surface area contributed by atoms with E-state index in [4.69, 9.17) is 4.52 Å². The van der Waals surface area contributed by atoms with E-state index in [1.54, 1.807) is 22.8 Å². The van der Waals surface area contributed by atoms with E-state index in [1.807, 2.05) is 60.8 Å². The summed E-state index contributed by atoms with van der Waals surface area (Å²) in [6, 6.07) is 17.4. The van der Waals surface area contributed by atoms with Gasteiger partial charge in [-0.15, -0.1) is 0 Å². The molecule has 0 spiro atoms. The minimum atomic E-state index is -0.0171. The van der Waals surface area contributed by atoms with E-state index in [1.165, 1.54) is 0 Å². The lowest BCUT2D eigenvalue weighted by molar-refractivity contribution is -0.129. The van der Waals surface area contributed by atoms with Crippen LogP contribution in [0.5, 0.6) is 0 Å². The van der Waals surface area contributed by atoms with Crippen molar-refractivity contribution in [3.8, 4) is 5.69 Å². The smallest absolute Gasteiger partial charge is 0.228 e. The number of carbonyl (C=O) groups is 1. The molecule has 0 bridgehead atoms. The van der Waals surface area contributed by atoms with Crippen LogP contribution >= 0.6 is 0 Å². The van der Waals surface area contributed by atoms with Crippen molar-refractivity contribution in [1.82, 2.24) is 19.8 Å². The summed E-state index contributed by atoms with van der Waals surface area (Å²) in [6.07, 6.45) is 3.92. The van der Waals surface area contributed by atoms with Gasteiger partial charge in [0, 0.05) is 30.7 Å². The summed E-state index contributed by atoms with van der Waals surface area (Å²) in [5.74, 6) is -0.0171. The zero-order chi connectivity index (χ0) is 17.9. The quantitative estimate of drug-likeness (QED) is 0.557. The van der Waals surface area contributed by atoms with Crippen LogP contribution in [0.3, 0.4) is 0 Å². The number of nitrogens with zero attached hydrogens (tertiary/aromatic N) is 4. The fraction of sp³-hybridized carbons (Fsp3) is 0.150. The minimum absolute atomic E-state index is 0.0171. The number of hydrogen-bond acceptors (Lipinski definition) is 4. The van der Waals surface area contributed by atoms with Gasteiger partial charge < -0.3 is 9.42 Å². The Bertz CT molecular complexity index is 1040. The number of fused-ring (bicyclic) bond motifs is 1. The molecule has 0 aliphatic heterocycles. The van der Waals surface area contributed by atoms with Crippen molar-refractivity contribution in [2.45, 2.75) is 13.0 Å². The van der Waals surface area contributed by atoms with Crippen LogP contribution < -0.4 is 0 Å². The Morgan fingerprint density at radius 1 is 1.12 bits per heavy atom. The van der Waals surface area contributed by atoms with Crippen molar-refractivity contribution in [3.63, 3.8) is 0 Å². The standard InChI is InChI=1S/C20H18N4O2/c1-23(13-15-12-21-24(14-15)16-7-3-2-4-8-16)20(25)11-18-17-9-5-6-10-19(17)26-22-18/h2-10,12,14H,11,13H2,1H3. The summed E-state index contributed by atoms with van der Waals surface area (Å²) in [7, 11) is 1.78. The maximum absolute atomic E-state index is 12.6. The molecular weight excluding hydrogens is 328 g/mol. The second-order valence-electron chi connectivity index (χ2n) is 6.18. The molecule has 6 heteroatoms. The molecule has 0 saturated heterocycles. The highest BCUT2D eigenvalue weighted by atomic mass is 16.5. The molecule has 0 aliphatic rings. The summed E-state index contributed by atoms with van der Waals surface area (Å²) in [5, 5.41) is 9.28. The van der Waals surface area contributed by atoms with Crippen LogP contribution in [0.15, 0.2) is 71.5 Å². The minimum Gasteiger partial charge on any atom is -0.356 e. The number of likely N-dealkylation sites (N-methyl/N-ethyl adjacent to an activating group) is 1. The highest BCUT2D eigenvalue weighted by Crippen LogP contribution is 2.19. The third-order valence-electron chi connectivity index (χ3n) is 4.27. The number of rotatable bonds is 5. The summed E-state index contributed by atoms with van der Waals surface area (Å²) in [6.45, 7) is 0.488. The third-order valence-corrected chi connectivity index (χ3v) is 4.27. The topological polar surface area (TPSA) is 64.2 Å². The largest absolute Gasteiger partial charge is 0.356 e. The van der Waals surface area contributed by atoms with Gasteiger partial charge in [0.05, 0.1) is 18.3 Å². The Labute approximate surface area is 150 Å². The molecule has 2 aromatic carbocycles. The van der Waals surface area contributed by atoms with E-state index in [9.17, 15) is 4.79 Å². The zero-order valence-corrected chi connectivity index (χ0v) is 14.4. The van der Waals surface area contributed by atoms with Crippen LogP contribution in [-0.4, -0.2) is 32.8 Å². The fourth-order valence-corrected chi connectivity index (χ4v) is 2.87. The van der Waals surface area contributed by atoms with Crippen molar-refractivity contribution in [3.05, 3.63) is 78.2 Å². The van der Waals surface area contributed by atoms with Gasteiger partial charge in [-0.05, 0) is 24.3 Å². The van der Waals surface area contributed by atoms with Crippen molar-refractivity contribution in [2.75, 3.05) is 7.05 Å². The van der Waals surface area contributed by atoms with Crippen LogP contribution in [0.25, 0.3) is 16.7 Å². The molecule has 2 heterocycles. The van der Waals surface area contributed by atoms with Gasteiger partial charge >= 0.3 is 0 Å². The first-order valence-electron chi connectivity index (χ1n) is 8.37. The lowest BCUT2D eigenvalue weighted by Gasteiger charge is -2.15. The summed E-state index contributed by atoms with van der Waals surface area (Å²) >= 11 is 0. The Hall–Kier alpha value is -3.41. The molecule has 0 atom stereocenters. The van der Waals surface area contributed by atoms with Gasteiger partial charge in [0.25, 0.3) is 0 Å². The Morgan fingerprint density at radius 2 is 1.88 bits per heavy atom. The van der Waals surface area contributed by atoms with Crippen LogP contribution in [0.1, 0.15) is 11.3 Å². The van der Waals surface area contributed by atoms with Crippen LogP contribution in [0.2, 0.25) is 0 Å². The molecule has 2 aromatic heterocycles. The van der Waals surface area contributed by atoms with Gasteiger partial charge in [-0.25, -0.2) is 4.68 Å². The fourth-order valence-electron chi connectivity index (χ4n) is 2.87. The average molecular weight is 346 g/mol. The van der Waals surface area contributed by atoms with Crippen LogP contribution in [0.4, 0.5) is 0 Å². The first-order valence-corrected chi connectivity index (χ1v) is 8.37. The second-order valence-corrected chi connectivity index (χ2v) is 6.18. The summed E-state index contributed by atoms with van der Waals surface area (Å²) in [5.41, 5.74) is 3.32. The maximum Gasteiger partial charge on any atom is 0.228 e. The average Bonchev–Trinajstić information content (AvgIpc) is 3.30. The van der Waals surface area contributed by atoms with Gasteiger partial charge in [-0.2, -0.15) is 5.10 Å².